The number of hydrogen-bond acceptors (Lipinski definition) is 3. The molecule has 0 saturated heterocycles. The maximum absolute atomic E-state index is 4.37. The third kappa shape index (κ3) is 12.5. The molecule has 0 aromatic rings. The first kappa shape index (κ1) is 20.0. The Bertz CT molecular complexity index is 256. The number of rotatable bonds is 16. The topological polar surface area (TPSA) is 24.4 Å². The molecule has 3 heteroatoms. The Labute approximate surface area is 143 Å². The summed E-state index contributed by atoms with van der Waals surface area (Å²) in [6, 6.07) is 0. The predicted octanol–water partition coefficient (Wildman–Crippen LogP) is 6.16. The van der Waals surface area contributed by atoms with E-state index in [2.05, 4.69) is 17.2 Å². The maximum Gasteiger partial charge on any atom is 0.146 e. The Morgan fingerprint density at radius 3 is 1.77 bits per heavy atom. The smallest absolute Gasteiger partial charge is 0.146 e. The molecule has 130 valence electrons. The molecule has 0 aromatic carbocycles. The van der Waals surface area contributed by atoms with E-state index >= 15 is 0 Å². The van der Waals surface area contributed by atoms with E-state index in [0.29, 0.717) is 5.50 Å². The van der Waals surface area contributed by atoms with Crippen LogP contribution >= 0.6 is 11.8 Å². The van der Waals surface area contributed by atoms with E-state index in [1.807, 2.05) is 18.0 Å². The summed E-state index contributed by atoms with van der Waals surface area (Å²) in [5, 5.41) is 3.35. The summed E-state index contributed by atoms with van der Waals surface area (Å²) in [6.07, 6.45) is 22.1. The minimum absolute atomic E-state index is 0.349. The Balaban J connectivity index is 1.65. The van der Waals surface area contributed by atoms with Crippen LogP contribution < -0.4 is 5.32 Å². The van der Waals surface area contributed by atoms with Crippen LogP contribution in [0.2, 0.25) is 0 Å². The molecule has 1 aliphatic rings. The number of aliphatic imine (C=N–C) groups is 1. The molecule has 1 N–H and O–H groups in total. The maximum atomic E-state index is 4.37. The van der Waals surface area contributed by atoms with Gasteiger partial charge in [-0.3, -0.25) is 10.3 Å². The van der Waals surface area contributed by atoms with Crippen molar-refractivity contribution in [3.63, 3.8) is 0 Å². The second-order valence-corrected chi connectivity index (χ2v) is 7.75. The van der Waals surface area contributed by atoms with Crippen LogP contribution in [0.3, 0.4) is 0 Å². The average Bonchev–Trinajstić information content (AvgIpc) is 3.04. The summed E-state index contributed by atoms with van der Waals surface area (Å²) in [5.74, 6) is 1.26. The Hall–Kier alpha value is -0.0200. The number of unbranched alkanes of at least 4 members (excludes halogenated alkanes) is 13. The molecule has 0 aliphatic carbocycles. The highest BCUT2D eigenvalue weighted by Crippen LogP contribution is 2.16. The second-order valence-electron chi connectivity index (χ2n) is 6.56. The van der Waals surface area contributed by atoms with Crippen molar-refractivity contribution in [1.29, 1.82) is 0 Å². The van der Waals surface area contributed by atoms with Crippen molar-refractivity contribution in [1.82, 2.24) is 5.32 Å². The first-order valence-corrected chi connectivity index (χ1v) is 10.8. The summed E-state index contributed by atoms with van der Waals surface area (Å²) in [5.41, 5.74) is 0.349. The standard InChI is InChI=1S/C19H38N2S/c1-2-3-4-5-6-7-8-9-10-11-12-13-14-15-18-22-19-20-16-17-21-19/h16,19,21H,2-15,17-18H2,1H3. The van der Waals surface area contributed by atoms with Gasteiger partial charge in [0.1, 0.15) is 5.50 Å². The minimum Gasteiger partial charge on any atom is -0.282 e. The number of thioether (sulfide) groups is 1. The molecule has 1 heterocycles. The molecule has 0 aromatic heterocycles. The van der Waals surface area contributed by atoms with Crippen molar-refractivity contribution < 1.29 is 0 Å². The van der Waals surface area contributed by atoms with Crippen molar-refractivity contribution >= 4 is 18.0 Å². The largest absolute Gasteiger partial charge is 0.282 e. The summed E-state index contributed by atoms with van der Waals surface area (Å²) in [7, 11) is 0. The van der Waals surface area contributed by atoms with Gasteiger partial charge in [-0.1, -0.05) is 90.4 Å². The number of nitrogens with zero attached hydrogens (tertiary/aromatic N) is 1. The van der Waals surface area contributed by atoms with E-state index in [4.69, 9.17) is 0 Å². The van der Waals surface area contributed by atoms with Crippen molar-refractivity contribution in [2.24, 2.45) is 4.99 Å². The molecule has 0 saturated carbocycles. The van der Waals surface area contributed by atoms with Gasteiger partial charge in [0.15, 0.2) is 0 Å². The minimum atomic E-state index is 0.349. The molecule has 0 amide bonds. The fourth-order valence-corrected chi connectivity index (χ4v) is 3.93. The van der Waals surface area contributed by atoms with E-state index in [9.17, 15) is 0 Å². The van der Waals surface area contributed by atoms with Crippen molar-refractivity contribution in [3.8, 4) is 0 Å². The second kappa shape index (κ2) is 15.9. The van der Waals surface area contributed by atoms with Gasteiger partial charge in [-0.2, -0.15) is 0 Å². The fraction of sp³-hybridized carbons (Fsp3) is 0.947. The van der Waals surface area contributed by atoms with Crippen LogP contribution in [-0.4, -0.2) is 24.0 Å². The SMILES string of the molecule is CCCCCCCCCCCCCCCCSC1N=CCN1. The van der Waals surface area contributed by atoms with E-state index in [1.54, 1.807) is 0 Å². The zero-order valence-electron chi connectivity index (χ0n) is 14.8. The van der Waals surface area contributed by atoms with E-state index < -0.39 is 0 Å². The third-order valence-corrected chi connectivity index (χ3v) is 5.53. The van der Waals surface area contributed by atoms with Crippen LogP contribution in [0.25, 0.3) is 0 Å². The predicted molar refractivity (Wildman–Crippen MR) is 103 cm³/mol. The van der Waals surface area contributed by atoms with Crippen molar-refractivity contribution in [2.45, 2.75) is 102 Å². The van der Waals surface area contributed by atoms with Crippen molar-refractivity contribution in [3.05, 3.63) is 0 Å². The molecule has 0 radical (unpaired) electrons. The highest BCUT2D eigenvalue weighted by molar-refractivity contribution is 7.99. The summed E-state index contributed by atoms with van der Waals surface area (Å²) >= 11 is 1.96. The van der Waals surface area contributed by atoms with Crippen LogP contribution in [0.1, 0.15) is 96.8 Å². The monoisotopic (exact) mass is 326 g/mol. The molecular formula is C19H38N2S. The fourth-order valence-electron chi connectivity index (χ4n) is 2.95. The molecule has 1 rings (SSSR count). The van der Waals surface area contributed by atoms with E-state index in [-0.39, 0.29) is 0 Å². The van der Waals surface area contributed by atoms with Gasteiger partial charge < -0.3 is 0 Å². The quantitative estimate of drug-likeness (QED) is 0.344. The average molecular weight is 327 g/mol. The zero-order valence-corrected chi connectivity index (χ0v) is 15.6. The molecular weight excluding hydrogens is 288 g/mol. The molecule has 1 unspecified atom stereocenters. The molecule has 0 bridgehead atoms. The normalized spacial score (nSPS) is 17.4. The van der Waals surface area contributed by atoms with E-state index in [0.717, 1.165) is 6.54 Å². The third-order valence-electron chi connectivity index (χ3n) is 4.40. The molecule has 1 atom stereocenters. The summed E-state index contributed by atoms with van der Waals surface area (Å²) in [6.45, 7) is 3.25. The zero-order chi connectivity index (χ0) is 15.7. The van der Waals surface area contributed by atoms with Crippen LogP contribution in [0, 0.1) is 0 Å². The lowest BCUT2D eigenvalue weighted by atomic mass is 10.0. The van der Waals surface area contributed by atoms with E-state index in [1.165, 1.54) is 95.6 Å². The highest BCUT2D eigenvalue weighted by atomic mass is 32.2. The Morgan fingerprint density at radius 2 is 1.32 bits per heavy atom. The molecule has 22 heavy (non-hydrogen) atoms. The number of hydrogen-bond donors (Lipinski definition) is 1. The van der Waals surface area contributed by atoms with Crippen LogP contribution in [0.4, 0.5) is 0 Å². The molecule has 0 fully saturated rings. The van der Waals surface area contributed by atoms with Gasteiger partial charge in [0.25, 0.3) is 0 Å². The summed E-state index contributed by atoms with van der Waals surface area (Å²) < 4.78 is 0. The van der Waals surface area contributed by atoms with Gasteiger partial charge in [-0.05, 0) is 12.2 Å². The van der Waals surface area contributed by atoms with Gasteiger partial charge in [0, 0.05) is 12.8 Å². The van der Waals surface area contributed by atoms with Crippen LogP contribution in [0.15, 0.2) is 4.99 Å². The Morgan fingerprint density at radius 1 is 0.818 bits per heavy atom. The lowest BCUT2D eigenvalue weighted by Gasteiger charge is -2.07. The lowest BCUT2D eigenvalue weighted by Crippen LogP contribution is -2.18. The van der Waals surface area contributed by atoms with Crippen LogP contribution in [-0.2, 0) is 0 Å². The van der Waals surface area contributed by atoms with Gasteiger partial charge in [-0.25, -0.2) is 0 Å². The van der Waals surface area contributed by atoms with Gasteiger partial charge in [0.2, 0.25) is 0 Å². The number of nitrogens with one attached hydrogen (secondary N) is 1. The van der Waals surface area contributed by atoms with Crippen LogP contribution in [0.5, 0.6) is 0 Å². The first-order valence-electron chi connectivity index (χ1n) is 9.80. The lowest BCUT2D eigenvalue weighted by molar-refractivity contribution is 0.538. The highest BCUT2D eigenvalue weighted by Gasteiger charge is 2.07. The molecule has 2 nitrogen and oxygen atoms in total. The first-order chi connectivity index (χ1) is 10.9. The van der Waals surface area contributed by atoms with Gasteiger partial charge >= 0.3 is 0 Å². The van der Waals surface area contributed by atoms with Crippen molar-refractivity contribution in [2.75, 3.05) is 12.3 Å². The molecule has 1 aliphatic heterocycles. The molecule has 0 spiro atoms. The Kier molecular flexibility index (Phi) is 14.4. The van der Waals surface area contributed by atoms with Gasteiger partial charge in [0.05, 0.1) is 0 Å². The summed E-state index contributed by atoms with van der Waals surface area (Å²) in [4.78, 5) is 4.37. The van der Waals surface area contributed by atoms with Gasteiger partial charge in [-0.15, -0.1) is 11.8 Å².